The van der Waals surface area contributed by atoms with E-state index in [1.165, 1.54) is 50.6 Å². The molecule has 0 spiro atoms. The first-order valence-corrected chi connectivity index (χ1v) is 8.94. The molecule has 0 radical (unpaired) electrons. The van der Waals surface area contributed by atoms with Crippen molar-refractivity contribution in [2.24, 2.45) is 0 Å². The number of methoxy groups -OCH3 is 2. The molecule has 0 aliphatic heterocycles. The fraction of sp³-hybridized carbons (Fsp3) is 0.188. The molecule has 0 atom stereocenters. The average Bonchev–Trinajstić information content (AvgIpc) is 3.04. The number of rotatable bonds is 5. The molecule has 3 aromatic rings. The van der Waals surface area contributed by atoms with Gasteiger partial charge in [-0.3, -0.25) is 4.72 Å². The Bertz CT molecular complexity index is 1090. The molecule has 144 valence electrons. The zero-order valence-corrected chi connectivity index (χ0v) is 14.9. The SMILES string of the molecule is COc1ccc(OC)c(S(=O)(=O)Nc2ccc3nc(C(F)(F)F)[nH]c3c2)c1. The number of aromatic amines is 1. The maximum atomic E-state index is 12.7. The van der Waals surface area contributed by atoms with Crippen LogP contribution in [0.1, 0.15) is 5.82 Å². The number of nitrogens with zero attached hydrogens (tertiary/aromatic N) is 1. The van der Waals surface area contributed by atoms with Crippen molar-refractivity contribution < 1.29 is 31.1 Å². The van der Waals surface area contributed by atoms with Crippen LogP contribution in [0.2, 0.25) is 0 Å². The van der Waals surface area contributed by atoms with E-state index in [0.717, 1.165) is 0 Å². The number of H-pyrrole nitrogens is 1. The molecule has 0 saturated carbocycles. The lowest BCUT2D eigenvalue weighted by molar-refractivity contribution is -0.144. The maximum Gasteiger partial charge on any atom is 0.449 e. The summed E-state index contributed by atoms with van der Waals surface area (Å²) in [5, 5.41) is 0. The van der Waals surface area contributed by atoms with E-state index >= 15 is 0 Å². The third-order valence-corrected chi connectivity index (χ3v) is 5.07. The van der Waals surface area contributed by atoms with Crippen LogP contribution in [0.15, 0.2) is 41.3 Å². The van der Waals surface area contributed by atoms with E-state index in [9.17, 15) is 21.6 Å². The van der Waals surface area contributed by atoms with E-state index in [2.05, 4.69) is 14.7 Å². The molecular formula is C16H14F3N3O4S. The van der Waals surface area contributed by atoms with Gasteiger partial charge in [-0.2, -0.15) is 13.2 Å². The number of alkyl halides is 3. The van der Waals surface area contributed by atoms with Crippen molar-refractivity contribution in [2.75, 3.05) is 18.9 Å². The van der Waals surface area contributed by atoms with Gasteiger partial charge in [-0.25, -0.2) is 13.4 Å². The van der Waals surface area contributed by atoms with E-state index in [4.69, 9.17) is 9.47 Å². The van der Waals surface area contributed by atoms with Gasteiger partial charge < -0.3 is 14.5 Å². The minimum absolute atomic E-state index is 0.0418. The predicted molar refractivity (Wildman–Crippen MR) is 91.5 cm³/mol. The third kappa shape index (κ3) is 3.77. The lowest BCUT2D eigenvalue weighted by atomic mass is 10.3. The van der Waals surface area contributed by atoms with E-state index in [1.54, 1.807) is 0 Å². The molecule has 27 heavy (non-hydrogen) atoms. The Morgan fingerprint density at radius 1 is 1.07 bits per heavy atom. The zero-order valence-electron chi connectivity index (χ0n) is 14.1. The quantitative estimate of drug-likeness (QED) is 0.684. The summed E-state index contributed by atoms with van der Waals surface area (Å²) in [6, 6.07) is 8.06. The second-order valence-electron chi connectivity index (χ2n) is 5.44. The Hall–Kier alpha value is -2.95. The minimum Gasteiger partial charge on any atom is -0.497 e. The molecule has 3 rings (SSSR count). The molecule has 0 saturated heterocycles. The standard InChI is InChI=1S/C16H14F3N3O4S/c1-25-10-4-6-13(26-2)14(8-10)27(23,24)22-9-3-5-11-12(7-9)21-15(20-11)16(17,18)19/h3-8,22H,1-2H3,(H,20,21). The first kappa shape index (κ1) is 18.8. The van der Waals surface area contributed by atoms with Gasteiger partial charge in [0.1, 0.15) is 16.4 Å². The summed E-state index contributed by atoms with van der Waals surface area (Å²) in [7, 11) is -1.39. The first-order chi connectivity index (χ1) is 12.6. The highest BCUT2D eigenvalue weighted by molar-refractivity contribution is 7.92. The van der Waals surface area contributed by atoms with Crippen molar-refractivity contribution in [3.63, 3.8) is 0 Å². The number of anilines is 1. The number of fused-ring (bicyclic) bond motifs is 1. The third-order valence-electron chi connectivity index (χ3n) is 3.66. The molecule has 0 aliphatic rings. The molecule has 1 aromatic heterocycles. The van der Waals surface area contributed by atoms with Crippen LogP contribution < -0.4 is 14.2 Å². The van der Waals surface area contributed by atoms with E-state index in [-0.39, 0.29) is 27.4 Å². The van der Waals surface area contributed by atoms with Gasteiger partial charge in [0.05, 0.1) is 30.9 Å². The highest BCUT2D eigenvalue weighted by atomic mass is 32.2. The number of ether oxygens (including phenoxy) is 2. The minimum atomic E-state index is -4.63. The maximum absolute atomic E-state index is 12.7. The monoisotopic (exact) mass is 401 g/mol. The van der Waals surface area contributed by atoms with E-state index in [0.29, 0.717) is 5.75 Å². The molecule has 0 bridgehead atoms. The number of imidazole rings is 1. The summed E-state index contributed by atoms with van der Waals surface area (Å²) in [5.41, 5.74) is 0.161. The number of sulfonamides is 1. The predicted octanol–water partition coefficient (Wildman–Crippen LogP) is 3.40. The smallest absolute Gasteiger partial charge is 0.449 e. The largest absolute Gasteiger partial charge is 0.497 e. The van der Waals surface area contributed by atoms with Crippen molar-refractivity contribution in [2.45, 2.75) is 11.1 Å². The molecule has 0 amide bonds. The number of aromatic nitrogens is 2. The van der Waals surface area contributed by atoms with Crippen molar-refractivity contribution >= 4 is 26.7 Å². The number of halogens is 3. The van der Waals surface area contributed by atoms with Crippen molar-refractivity contribution in [1.29, 1.82) is 0 Å². The zero-order chi connectivity index (χ0) is 19.8. The Kier molecular flexibility index (Phi) is 4.64. The van der Waals surface area contributed by atoms with E-state index < -0.39 is 22.0 Å². The molecule has 0 fully saturated rings. The number of hydrogen-bond donors (Lipinski definition) is 2. The highest BCUT2D eigenvalue weighted by Gasteiger charge is 2.34. The van der Waals surface area contributed by atoms with Gasteiger partial charge in [0.25, 0.3) is 10.0 Å². The summed E-state index contributed by atoms with van der Waals surface area (Å²) < 4.78 is 76.0. The van der Waals surface area contributed by atoms with E-state index in [1.807, 2.05) is 0 Å². The van der Waals surface area contributed by atoms with Gasteiger partial charge >= 0.3 is 6.18 Å². The molecule has 2 N–H and O–H groups in total. The molecular weight excluding hydrogens is 387 g/mol. The Morgan fingerprint density at radius 3 is 2.44 bits per heavy atom. The normalized spacial score (nSPS) is 12.2. The van der Waals surface area contributed by atoms with Crippen molar-refractivity contribution in [3.05, 3.63) is 42.2 Å². The van der Waals surface area contributed by atoms with Crippen LogP contribution in [0.3, 0.4) is 0 Å². The number of benzene rings is 2. The van der Waals surface area contributed by atoms with Crippen LogP contribution in [0.25, 0.3) is 11.0 Å². The summed E-state index contributed by atoms with van der Waals surface area (Å²) in [6.45, 7) is 0. The van der Waals surface area contributed by atoms with Gasteiger partial charge in [0, 0.05) is 6.07 Å². The molecule has 11 heteroatoms. The van der Waals surface area contributed by atoms with Crippen LogP contribution in [0, 0.1) is 0 Å². The van der Waals surface area contributed by atoms with Gasteiger partial charge in [0.2, 0.25) is 5.82 Å². The Morgan fingerprint density at radius 2 is 1.81 bits per heavy atom. The number of nitrogens with one attached hydrogen (secondary N) is 2. The topological polar surface area (TPSA) is 93.3 Å². The van der Waals surface area contributed by atoms with Gasteiger partial charge in [0.15, 0.2) is 0 Å². The number of hydrogen-bond acceptors (Lipinski definition) is 5. The average molecular weight is 401 g/mol. The highest BCUT2D eigenvalue weighted by Crippen LogP contribution is 2.32. The van der Waals surface area contributed by atoms with Crippen LogP contribution >= 0.6 is 0 Å². The molecule has 7 nitrogen and oxygen atoms in total. The summed E-state index contributed by atoms with van der Waals surface area (Å²) in [4.78, 5) is 5.39. The fourth-order valence-electron chi connectivity index (χ4n) is 2.41. The molecule has 0 unspecified atom stereocenters. The lowest BCUT2D eigenvalue weighted by Crippen LogP contribution is -2.14. The summed E-state index contributed by atoms with van der Waals surface area (Å²) in [6.07, 6.45) is -4.63. The van der Waals surface area contributed by atoms with Crippen LogP contribution in [0.5, 0.6) is 11.5 Å². The van der Waals surface area contributed by atoms with Gasteiger partial charge in [-0.05, 0) is 30.3 Å². The second kappa shape index (κ2) is 6.65. The van der Waals surface area contributed by atoms with Crippen molar-refractivity contribution in [1.82, 2.24) is 9.97 Å². The first-order valence-electron chi connectivity index (χ1n) is 7.46. The van der Waals surface area contributed by atoms with Crippen LogP contribution in [-0.2, 0) is 16.2 Å². The van der Waals surface area contributed by atoms with Gasteiger partial charge in [-0.15, -0.1) is 0 Å². The summed E-state index contributed by atoms with van der Waals surface area (Å²) in [5.74, 6) is -0.771. The molecule has 0 aliphatic carbocycles. The van der Waals surface area contributed by atoms with Crippen LogP contribution in [0.4, 0.5) is 18.9 Å². The summed E-state index contributed by atoms with van der Waals surface area (Å²) >= 11 is 0. The lowest BCUT2D eigenvalue weighted by Gasteiger charge is -2.12. The second-order valence-corrected chi connectivity index (χ2v) is 7.09. The molecule has 1 heterocycles. The van der Waals surface area contributed by atoms with Crippen LogP contribution in [-0.4, -0.2) is 32.6 Å². The Labute approximate surface area is 152 Å². The molecule has 2 aromatic carbocycles. The van der Waals surface area contributed by atoms with Crippen molar-refractivity contribution in [3.8, 4) is 11.5 Å². The Balaban J connectivity index is 1.98. The van der Waals surface area contributed by atoms with Gasteiger partial charge in [-0.1, -0.05) is 0 Å². The fourth-order valence-corrected chi connectivity index (χ4v) is 3.65.